The molecule has 7 heteroatoms. The van der Waals surface area contributed by atoms with Crippen LogP contribution in [0.1, 0.15) is 0 Å². The minimum atomic E-state index is -0.00304. The molecule has 0 atom stereocenters. The SMILES string of the molecule is Oc1ccc(Cl)cc1-c1nc(-c2ncccc2Cl)no1. The van der Waals surface area contributed by atoms with E-state index < -0.39 is 0 Å². The van der Waals surface area contributed by atoms with Gasteiger partial charge in [0.05, 0.1) is 10.6 Å². The molecule has 5 nitrogen and oxygen atoms in total. The van der Waals surface area contributed by atoms with Gasteiger partial charge in [0.15, 0.2) is 0 Å². The van der Waals surface area contributed by atoms with Crippen molar-refractivity contribution < 1.29 is 9.63 Å². The third-order valence-electron chi connectivity index (χ3n) is 2.59. The lowest BCUT2D eigenvalue weighted by Crippen LogP contribution is -1.86. The Bertz CT molecular complexity index is 774. The first kappa shape index (κ1) is 12.9. The average molecular weight is 308 g/mol. The molecule has 0 fully saturated rings. The normalized spacial score (nSPS) is 10.7. The molecule has 0 saturated carbocycles. The summed E-state index contributed by atoms with van der Waals surface area (Å²) in [5, 5.41) is 14.5. The first-order valence-electron chi connectivity index (χ1n) is 5.58. The molecule has 1 N–H and O–H groups in total. The van der Waals surface area contributed by atoms with E-state index in [1.165, 1.54) is 12.1 Å². The lowest BCUT2D eigenvalue weighted by Gasteiger charge is -1.99. The fourth-order valence-corrected chi connectivity index (χ4v) is 2.04. The second kappa shape index (κ2) is 5.11. The number of rotatable bonds is 2. The first-order valence-corrected chi connectivity index (χ1v) is 6.34. The molecule has 0 aliphatic carbocycles. The number of aromatic hydroxyl groups is 1. The molecule has 0 bridgehead atoms. The Kier molecular flexibility index (Phi) is 3.30. The van der Waals surface area contributed by atoms with Gasteiger partial charge in [0, 0.05) is 11.2 Å². The number of pyridine rings is 1. The van der Waals surface area contributed by atoms with Crippen molar-refractivity contribution in [1.82, 2.24) is 15.1 Å². The van der Waals surface area contributed by atoms with Crippen LogP contribution in [0.15, 0.2) is 41.1 Å². The van der Waals surface area contributed by atoms with Crippen molar-refractivity contribution in [3.63, 3.8) is 0 Å². The maximum Gasteiger partial charge on any atom is 0.262 e. The number of nitrogens with zero attached hydrogens (tertiary/aromatic N) is 3. The van der Waals surface area contributed by atoms with Crippen LogP contribution in [0.3, 0.4) is 0 Å². The summed E-state index contributed by atoms with van der Waals surface area (Å²) in [7, 11) is 0. The van der Waals surface area contributed by atoms with Crippen LogP contribution in [0.4, 0.5) is 0 Å². The Hall–Kier alpha value is -2.11. The zero-order valence-electron chi connectivity index (χ0n) is 9.92. The Morgan fingerprint density at radius 3 is 2.80 bits per heavy atom. The highest BCUT2D eigenvalue weighted by Crippen LogP contribution is 2.32. The monoisotopic (exact) mass is 307 g/mol. The van der Waals surface area contributed by atoms with Crippen LogP contribution in [0.25, 0.3) is 23.0 Å². The summed E-state index contributed by atoms with van der Waals surface area (Å²) in [5.41, 5.74) is 0.758. The molecule has 0 aliphatic heterocycles. The summed E-state index contributed by atoms with van der Waals surface area (Å²) in [6, 6.07) is 7.93. The van der Waals surface area contributed by atoms with Gasteiger partial charge >= 0.3 is 0 Å². The van der Waals surface area contributed by atoms with E-state index >= 15 is 0 Å². The van der Waals surface area contributed by atoms with E-state index in [1.54, 1.807) is 24.4 Å². The lowest BCUT2D eigenvalue weighted by atomic mass is 10.2. The van der Waals surface area contributed by atoms with E-state index in [0.717, 1.165) is 0 Å². The number of halogens is 2. The molecule has 2 aromatic heterocycles. The highest BCUT2D eigenvalue weighted by molar-refractivity contribution is 6.32. The predicted octanol–water partition coefficient (Wildman–Crippen LogP) is 3.81. The van der Waals surface area contributed by atoms with Crippen LogP contribution >= 0.6 is 23.2 Å². The van der Waals surface area contributed by atoms with Crippen LogP contribution in [-0.2, 0) is 0 Å². The molecule has 0 unspecified atom stereocenters. The summed E-state index contributed by atoms with van der Waals surface area (Å²) in [5.74, 6) is 0.378. The summed E-state index contributed by atoms with van der Waals surface area (Å²) in [4.78, 5) is 8.26. The lowest BCUT2D eigenvalue weighted by molar-refractivity contribution is 0.425. The van der Waals surface area contributed by atoms with Crippen molar-refractivity contribution in [2.75, 3.05) is 0 Å². The van der Waals surface area contributed by atoms with Gasteiger partial charge in [0.25, 0.3) is 5.89 Å². The molecule has 2 heterocycles. The van der Waals surface area contributed by atoms with Crippen molar-refractivity contribution in [3.05, 3.63) is 46.6 Å². The second-order valence-electron chi connectivity index (χ2n) is 3.92. The van der Waals surface area contributed by atoms with E-state index in [-0.39, 0.29) is 17.5 Å². The highest BCUT2D eigenvalue weighted by Gasteiger charge is 2.16. The van der Waals surface area contributed by atoms with Gasteiger partial charge in [-0.3, -0.25) is 4.98 Å². The smallest absolute Gasteiger partial charge is 0.262 e. The van der Waals surface area contributed by atoms with Crippen molar-refractivity contribution in [2.24, 2.45) is 0 Å². The number of aromatic nitrogens is 3. The van der Waals surface area contributed by atoms with Gasteiger partial charge in [-0.15, -0.1) is 0 Å². The predicted molar refractivity (Wildman–Crippen MR) is 74.6 cm³/mol. The van der Waals surface area contributed by atoms with Crippen molar-refractivity contribution in [1.29, 1.82) is 0 Å². The van der Waals surface area contributed by atoms with Gasteiger partial charge in [-0.25, -0.2) is 0 Å². The van der Waals surface area contributed by atoms with E-state index in [1.807, 2.05) is 0 Å². The molecular weight excluding hydrogens is 301 g/mol. The molecule has 1 aromatic carbocycles. The van der Waals surface area contributed by atoms with E-state index in [9.17, 15) is 5.11 Å². The summed E-state index contributed by atoms with van der Waals surface area (Å²) >= 11 is 11.9. The zero-order chi connectivity index (χ0) is 14.1. The summed E-state index contributed by atoms with van der Waals surface area (Å²) < 4.78 is 5.12. The standard InChI is InChI=1S/C13H7Cl2N3O2/c14-7-3-4-10(19)8(6-7)13-17-12(18-20-13)11-9(15)2-1-5-16-11/h1-6,19H. The molecule has 20 heavy (non-hydrogen) atoms. The molecule has 0 amide bonds. The maximum absolute atomic E-state index is 9.79. The van der Waals surface area contributed by atoms with Gasteiger partial charge in [-0.2, -0.15) is 4.98 Å². The highest BCUT2D eigenvalue weighted by atomic mass is 35.5. The zero-order valence-corrected chi connectivity index (χ0v) is 11.4. The Balaban J connectivity index is 2.07. The fraction of sp³-hybridized carbons (Fsp3) is 0. The molecule has 0 spiro atoms. The summed E-state index contributed by atoms with van der Waals surface area (Å²) in [6.07, 6.45) is 1.58. The molecule has 0 saturated heterocycles. The summed E-state index contributed by atoms with van der Waals surface area (Å²) in [6.45, 7) is 0. The number of hydrogen-bond acceptors (Lipinski definition) is 5. The van der Waals surface area contributed by atoms with Crippen LogP contribution in [0, 0.1) is 0 Å². The number of benzene rings is 1. The van der Waals surface area contributed by atoms with E-state index in [0.29, 0.717) is 21.3 Å². The van der Waals surface area contributed by atoms with Gasteiger partial charge in [-0.1, -0.05) is 28.4 Å². The van der Waals surface area contributed by atoms with Crippen LogP contribution in [0.5, 0.6) is 5.75 Å². The first-order chi connectivity index (χ1) is 9.65. The Morgan fingerprint density at radius 2 is 2.00 bits per heavy atom. The quantitative estimate of drug-likeness (QED) is 0.779. The largest absolute Gasteiger partial charge is 0.507 e. The van der Waals surface area contributed by atoms with Crippen molar-refractivity contribution >= 4 is 23.2 Å². The number of hydrogen-bond donors (Lipinski definition) is 1. The number of phenols is 1. The topological polar surface area (TPSA) is 72.0 Å². The molecule has 0 aliphatic rings. The van der Waals surface area contributed by atoms with Crippen LogP contribution < -0.4 is 0 Å². The van der Waals surface area contributed by atoms with Gasteiger partial charge in [0.1, 0.15) is 11.4 Å². The van der Waals surface area contributed by atoms with Gasteiger partial charge in [0.2, 0.25) is 5.82 Å². The average Bonchev–Trinajstić information content (AvgIpc) is 2.91. The molecular formula is C13H7Cl2N3O2. The van der Waals surface area contributed by atoms with Crippen molar-refractivity contribution in [2.45, 2.75) is 0 Å². The maximum atomic E-state index is 9.79. The second-order valence-corrected chi connectivity index (χ2v) is 4.76. The van der Waals surface area contributed by atoms with Crippen LogP contribution in [-0.4, -0.2) is 20.2 Å². The number of phenolic OH excluding ortho intramolecular Hbond substituents is 1. The molecule has 3 rings (SSSR count). The third-order valence-corrected chi connectivity index (χ3v) is 3.13. The van der Waals surface area contributed by atoms with E-state index in [2.05, 4.69) is 15.1 Å². The molecule has 100 valence electrons. The Labute approximate surface area is 123 Å². The minimum absolute atomic E-state index is 0.00304. The van der Waals surface area contributed by atoms with Crippen LogP contribution in [0.2, 0.25) is 10.0 Å². The molecule has 3 aromatic rings. The van der Waals surface area contributed by atoms with Gasteiger partial charge < -0.3 is 9.63 Å². The fourth-order valence-electron chi connectivity index (χ4n) is 1.66. The van der Waals surface area contributed by atoms with E-state index in [4.69, 9.17) is 27.7 Å². The molecule has 0 radical (unpaired) electrons. The van der Waals surface area contributed by atoms with Gasteiger partial charge in [-0.05, 0) is 30.3 Å². The minimum Gasteiger partial charge on any atom is -0.507 e. The Morgan fingerprint density at radius 1 is 1.15 bits per heavy atom. The third kappa shape index (κ3) is 2.33. The van der Waals surface area contributed by atoms with Crippen molar-refractivity contribution in [3.8, 4) is 28.7 Å².